The fourth-order valence-electron chi connectivity index (χ4n) is 3.92. The third kappa shape index (κ3) is 6.21. The summed E-state index contributed by atoms with van der Waals surface area (Å²) in [6.07, 6.45) is 0.728. The lowest BCUT2D eigenvalue weighted by Crippen LogP contribution is -1.96. The van der Waals surface area contributed by atoms with Gasteiger partial charge in [-0.1, -0.05) is 83.9 Å². The van der Waals surface area contributed by atoms with Crippen LogP contribution in [-0.2, 0) is 6.61 Å². The van der Waals surface area contributed by atoms with Crippen LogP contribution in [0.4, 0.5) is 0 Å². The van der Waals surface area contributed by atoms with Crippen LogP contribution >= 0.6 is 23.2 Å². The number of para-hydroxylation sites is 4. The molecular formula is C32H22Cl2N2O4. The number of rotatable bonds is 6. The molecule has 198 valence electrons. The van der Waals surface area contributed by atoms with E-state index in [1.807, 2.05) is 78.9 Å². The third-order valence-electron chi connectivity index (χ3n) is 5.84. The lowest BCUT2D eigenvalue weighted by atomic mass is 10.1. The van der Waals surface area contributed by atoms with Gasteiger partial charge in [-0.3, -0.25) is 4.79 Å². The molecule has 0 unspecified atom stereocenters. The summed E-state index contributed by atoms with van der Waals surface area (Å²) < 4.78 is 11.4. The van der Waals surface area contributed by atoms with Gasteiger partial charge in [-0.25, -0.2) is 9.97 Å². The molecule has 6 nitrogen and oxygen atoms in total. The summed E-state index contributed by atoms with van der Waals surface area (Å²) in [5.41, 5.74) is 2.30. The number of pyridine rings is 2. The van der Waals surface area contributed by atoms with Crippen molar-refractivity contribution in [2.45, 2.75) is 6.61 Å². The lowest BCUT2D eigenvalue weighted by Gasteiger charge is -2.10. The number of aliphatic hydroxyl groups excluding tert-OH is 1. The van der Waals surface area contributed by atoms with E-state index in [2.05, 4.69) is 9.97 Å². The molecule has 0 aliphatic rings. The van der Waals surface area contributed by atoms with E-state index < -0.39 is 0 Å². The molecule has 0 fully saturated rings. The highest BCUT2D eigenvalue weighted by molar-refractivity contribution is 6.35. The van der Waals surface area contributed by atoms with E-state index in [0.29, 0.717) is 49.6 Å². The van der Waals surface area contributed by atoms with Crippen molar-refractivity contribution < 1.29 is 19.4 Å². The van der Waals surface area contributed by atoms with E-state index >= 15 is 0 Å². The van der Waals surface area contributed by atoms with Crippen LogP contribution in [-0.4, -0.2) is 21.4 Å². The van der Waals surface area contributed by atoms with Crippen LogP contribution in [0.25, 0.3) is 21.8 Å². The molecule has 2 heterocycles. The number of fused-ring (bicyclic) bond motifs is 2. The summed E-state index contributed by atoms with van der Waals surface area (Å²) in [5.74, 6) is 1.92. The Morgan fingerprint density at radius 3 is 1.68 bits per heavy atom. The Kier molecular flexibility index (Phi) is 8.52. The highest BCUT2D eigenvalue weighted by Gasteiger charge is 2.12. The number of aldehydes is 1. The number of aliphatic hydroxyl groups is 1. The summed E-state index contributed by atoms with van der Waals surface area (Å²) in [6.45, 7) is -0.141. The smallest absolute Gasteiger partial charge is 0.230 e. The summed E-state index contributed by atoms with van der Waals surface area (Å²) in [6, 6.07) is 33.0. The zero-order valence-corrected chi connectivity index (χ0v) is 22.5. The van der Waals surface area contributed by atoms with Gasteiger partial charge in [0.15, 0.2) is 6.29 Å². The molecule has 0 spiro atoms. The van der Waals surface area contributed by atoms with E-state index in [4.69, 9.17) is 32.7 Å². The molecule has 0 aliphatic carbocycles. The SMILES string of the molecule is O=Cc1cc2cccc(Cl)c2nc1Oc1ccccc1.OCc1cc2cccc(Cl)c2nc1Oc1ccccc1. The molecule has 8 heteroatoms. The van der Waals surface area contributed by atoms with Gasteiger partial charge >= 0.3 is 0 Å². The van der Waals surface area contributed by atoms with Crippen molar-refractivity contribution in [2.24, 2.45) is 0 Å². The van der Waals surface area contributed by atoms with Crippen LogP contribution in [0.15, 0.2) is 109 Å². The number of ether oxygens (including phenoxy) is 2. The third-order valence-corrected chi connectivity index (χ3v) is 6.45. The van der Waals surface area contributed by atoms with E-state index in [0.717, 1.165) is 17.1 Å². The van der Waals surface area contributed by atoms with Gasteiger partial charge in [-0.05, 0) is 48.5 Å². The normalized spacial score (nSPS) is 10.6. The van der Waals surface area contributed by atoms with E-state index in [9.17, 15) is 9.90 Å². The zero-order chi connectivity index (χ0) is 27.9. The molecule has 2 aromatic heterocycles. The summed E-state index contributed by atoms with van der Waals surface area (Å²) >= 11 is 12.3. The fourth-order valence-corrected chi connectivity index (χ4v) is 4.37. The van der Waals surface area contributed by atoms with Crippen LogP contribution in [0.1, 0.15) is 15.9 Å². The molecule has 0 saturated heterocycles. The van der Waals surface area contributed by atoms with Crippen molar-refractivity contribution in [1.29, 1.82) is 0 Å². The molecule has 0 radical (unpaired) electrons. The predicted molar refractivity (Wildman–Crippen MR) is 158 cm³/mol. The fraction of sp³-hybridized carbons (Fsp3) is 0.0312. The van der Waals surface area contributed by atoms with Crippen LogP contribution in [0.5, 0.6) is 23.3 Å². The van der Waals surface area contributed by atoms with Crippen LogP contribution in [0.2, 0.25) is 10.0 Å². The van der Waals surface area contributed by atoms with Crippen LogP contribution < -0.4 is 9.47 Å². The van der Waals surface area contributed by atoms with Crippen molar-refractivity contribution >= 4 is 51.3 Å². The molecule has 40 heavy (non-hydrogen) atoms. The number of hydrogen-bond acceptors (Lipinski definition) is 6. The average Bonchev–Trinajstić information content (AvgIpc) is 2.99. The van der Waals surface area contributed by atoms with Gasteiger partial charge in [0.05, 0.1) is 33.2 Å². The average molecular weight is 569 g/mol. The maximum atomic E-state index is 11.2. The first-order valence-corrected chi connectivity index (χ1v) is 13.0. The molecule has 0 atom stereocenters. The molecule has 0 aliphatic heterocycles. The Morgan fingerprint density at radius 1 is 0.650 bits per heavy atom. The molecule has 6 aromatic rings. The summed E-state index contributed by atoms with van der Waals surface area (Å²) in [4.78, 5) is 20.0. The van der Waals surface area contributed by atoms with Gasteiger partial charge in [-0.15, -0.1) is 0 Å². The highest BCUT2D eigenvalue weighted by atomic mass is 35.5. The minimum atomic E-state index is -0.141. The number of carbonyl (C=O) groups is 1. The monoisotopic (exact) mass is 568 g/mol. The minimum Gasteiger partial charge on any atom is -0.439 e. The van der Waals surface area contributed by atoms with Gasteiger partial charge in [0, 0.05) is 16.3 Å². The van der Waals surface area contributed by atoms with Crippen LogP contribution in [0.3, 0.4) is 0 Å². The Morgan fingerprint density at radius 2 is 1.15 bits per heavy atom. The highest BCUT2D eigenvalue weighted by Crippen LogP contribution is 2.31. The maximum Gasteiger partial charge on any atom is 0.230 e. The Hall–Kier alpha value is -4.49. The molecule has 4 aromatic carbocycles. The second kappa shape index (κ2) is 12.6. The number of carbonyl (C=O) groups excluding carboxylic acids is 1. The molecule has 0 amide bonds. The first-order chi connectivity index (χ1) is 19.6. The molecule has 6 rings (SSSR count). The molecule has 1 N–H and O–H groups in total. The van der Waals surface area contributed by atoms with Gasteiger partial charge in [-0.2, -0.15) is 0 Å². The quantitative estimate of drug-likeness (QED) is 0.202. The van der Waals surface area contributed by atoms with Crippen molar-refractivity contribution in [1.82, 2.24) is 9.97 Å². The van der Waals surface area contributed by atoms with E-state index in [1.54, 1.807) is 30.3 Å². The standard InChI is InChI=1S/C16H12ClNO2.C16H10ClNO2/c2*17-14-8-4-5-11-9-12(10-19)16(18-15(11)14)20-13-6-2-1-3-7-13/h1-9,19H,10H2;1-10H. The second-order valence-electron chi connectivity index (χ2n) is 8.56. The van der Waals surface area contributed by atoms with E-state index in [-0.39, 0.29) is 12.5 Å². The molecule has 0 saturated carbocycles. The van der Waals surface area contributed by atoms with E-state index in [1.165, 1.54) is 0 Å². The van der Waals surface area contributed by atoms with Crippen molar-refractivity contribution in [3.8, 4) is 23.3 Å². The number of aromatic nitrogens is 2. The number of nitrogens with zero attached hydrogens (tertiary/aromatic N) is 2. The lowest BCUT2D eigenvalue weighted by molar-refractivity contribution is 0.112. The molecular weight excluding hydrogens is 547 g/mol. The summed E-state index contributed by atoms with van der Waals surface area (Å²) in [7, 11) is 0. The first-order valence-electron chi connectivity index (χ1n) is 12.2. The number of benzene rings is 4. The van der Waals surface area contributed by atoms with Gasteiger partial charge in [0.1, 0.15) is 11.5 Å². The van der Waals surface area contributed by atoms with Crippen LogP contribution in [0, 0.1) is 0 Å². The van der Waals surface area contributed by atoms with Crippen molar-refractivity contribution in [3.05, 3.63) is 130 Å². The topological polar surface area (TPSA) is 81.5 Å². The summed E-state index contributed by atoms with van der Waals surface area (Å²) in [5, 5.41) is 12.2. The van der Waals surface area contributed by atoms with Gasteiger partial charge in [0.2, 0.25) is 11.8 Å². The maximum absolute atomic E-state index is 11.2. The van der Waals surface area contributed by atoms with Crippen molar-refractivity contribution in [3.63, 3.8) is 0 Å². The second-order valence-corrected chi connectivity index (χ2v) is 9.38. The van der Waals surface area contributed by atoms with Crippen molar-refractivity contribution in [2.75, 3.05) is 0 Å². The minimum absolute atomic E-state index is 0.141. The Bertz CT molecular complexity index is 1780. The Labute approximate surface area is 240 Å². The van der Waals surface area contributed by atoms with Gasteiger partial charge in [0.25, 0.3) is 0 Å². The van der Waals surface area contributed by atoms with Gasteiger partial charge < -0.3 is 14.6 Å². The number of hydrogen-bond donors (Lipinski definition) is 1. The molecule has 0 bridgehead atoms. The Balaban J connectivity index is 0.000000161. The number of halogens is 2. The largest absolute Gasteiger partial charge is 0.439 e. The first kappa shape index (κ1) is 27.1. The zero-order valence-electron chi connectivity index (χ0n) is 21.0. The predicted octanol–water partition coefficient (Wildman–Crippen LogP) is 8.67.